The van der Waals surface area contributed by atoms with Crippen LogP contribution in [0.1, 0.15) is 47.5 Å². The van der Waals surface area contributed by atoms with Crippen LogP contribution in [-0.2, 0) is 23.9 Å². The Morgan fingerprint density at radius 2 is 1.85 bits per heavy atom. The number of carbonyl (C=O) groups is 3. The zero-order valence-electron chi connectivity index (χ0n) is 20.2. The van der Waals surface area contributed by atoms with Gasteiger partial charge >= 0.3 is 5.97 Å². The number of amides is 2. The highest BCUT2D eigenvalue weighted by Gasteiger charge is 2.72. The molecule has 4 rings (SSSR count). The fourth-order valence-electron chi connectivity index (χ4n) is 6.39. The molecule has 1 unspecified atom stereocenters. The molecular formula is C25H36N2O6. The van der Waals surface area contributed by atoms with Crippen molar-refractivity contribution in [2.24, 2.45) is 17.3 Å². The van der Waals surface area contributed by atoms with E-state index in [0.29, 0.717) is 13.0 Å². The summed E-state index contributed by atoms with van der Waals surface area (Å²) in [5, 5.41) is 9.72. The van der Waals surface area contributed by atoms with Gasteiger partial charge in [-0.1, -0.05) is 45.1 Å². The maximum absolute atomic E-state index is 14.1. The Bertz CT molecular complexity index is 888. The van der Waals surface area contributed by atoms with Gasteiger partial charge in [-0.3, -0.25) is 14.4 Å². The molecular weight excluding hydrogens is 424 g/mol. The van der Waals surface area contributed by atoms with Crippen molar-refractivity contribution in [3.63, 3.8) is 0 Å². The third-order valence-electron chi connectivity index (χ3n) is 7.16. The van der Waals surface area contributed by atoms with Crippen molar-refractivity contribution in [2.75, 3.05) is 26.3 Å². The van der Waals surface area contributed by atoms with Crippen molar-refractivity contribution in [3.8, 4) is 0 Å². The van der Waals surface area contributed by atoms with E-state index in [0.717, 1.165) is 6.42 Å². The van der Waals surface area contributed by atoms with Gasteiger partial charge in [-0.15, -0.1) is 0 Å². The van der Waals surface area contributed by atoms with E-state index in [9.17, 15) is 19.5 Å². The van der Waals surface area contributed by atoms with Crippen LogP contribution in [0.5, 0.6) is 0 Å². The predicted octanol–water partition coefficient (Wildman–Crippen LogP) is 1.68. The Morgan fingerprint density at radius 3 is 2.52 bits per heavy atom. The van der Waals surface area contributed by atoms with Crippen LogP contribution >= 0.6 is 0 Å². The molecule has 0 radical (unpaired) electrons. The molecule has 182 valence electrons. The second-order valence-electron chi connectivity index (χ2n) is 11.4. The summed E-state index contributed by atoms with van der Waals surface area (Å²) in [4.78, 5) is 44.0. The van der Waals surface area contributed by atoms with E-state index in [4.69, 9.17) is 9.47 Å². The normalized spacial score (nSPS) is 34.4. The van der Waals surface area contributed by atoms with E-state index in [1.807, 2.05) is 43.1 Å². The van der Waals surface area contributed by atoms with Crippen LogP contribution in [0, 0.1) is 17.3 Å². The fourth-order valence-corrected chi connectivity index (χ4v) is 6.39. The number of hydrogen-bond donors (Lipinski definition) is 1. The summed E-state index contributed by atoms with van der Waals surface area (Å²) in [6.07, 6.45) is 8.12. The number of aliphatic hydroxyl groups excluding tert-OH is 1. The molecule has 8 nitrogen and oxygen atoms in total. The van der Waals surface area contributed by atoms with Gasteiger partial charge < -0.3 is 24.4 Å². The van der Waals surface area contributed by atoms with Crippen LogP contribution in [-0.4, -0.2) is 82.3 Å². The maximum Gasteiger partial charge on any atom is 0.312 e. The van der Waals surface area contributed by atoms with Gasteiger partial charge in [0.05, 0.1) is 25.2 Å². The zero-order valence-corrected chi connectivity index (χ0v) is 20.2. The molecule has 5 atom stereocenters. The standard InChI is InChI=1S/C25H36N2O6/c1-23(2,3)15-24(4,5)27-11-8-10-25-18(20(29)26(12-13-28)19(25)21(27)30)17-16(33-25)9-6-7-14-32-22(17)31/h6,8-10,16-19,28H,7,11-15H2,1-5H3/t16-,17+,18-,19?,25-/m0/s1. The molecule has 1 N–H and O–H groups in total. The van der Waals surface area contributed by atoms with Gasteiger partial charge in [0.25, 0.3) is 0 Å². The van der Waals surface area contributed by atoms with Gasteiger partial charge in [0, 0.05) is 18.6 Å². The van der Waals surface area contributed by atoms with Crippen molar-refractivity contribution in [1.82, 2.24) is 9.80 Å². The van der Waals surface area contributed by atoms with Gasteiger partial charge in [-0.25, -0.2) is 0 Å². The highest BCUT2D eigenvalue weighted by Crippen LogP contribution is 2.53. The van der Waals surface area contributed by atoms with Crippen molar-refractivity contribution in [1.29, 1.82) is 0 Å². The lowest BCUT2D eigenvalue weighted by Crippen LogP contribution is -2.60. The third-order valence-corrected chi connectivity index (χ3v) is 7.16. The Hall–Kier alpha value is -2.19. The number of rotatable bonds is 4. The number of ether oxygens (including phenoxy) is 2. The molecule has 0 aliphatic carbocycles. The molecule has 0 bridgehead atoms. The number of fused-ring (bicyclic) bond motifs is 2. The number of hydrogen-bond acceptors (Lipinski definition) is 6. The summed E-state index contributed by atoms with van der Waals surface area (Å²) in [5.74, 6) is -2.74. The molecule has 0 aromatic carbocycles. The Kier molecular flexibility index (Phi) is 5.98. The molecule has 0 saturated carbocycles. The molecule has 2 saturated heterocycles. The van der Waals surface area contributed by atoms with Crippen LogP contribution in [0.25, 0.3) is 0 Å². The smallest absolute Gasteiger partial charge is 0.312 e. The molecule has 8 heteroatoms. The van der Waals surface area contributed by atoms with Crippen molar-refractivity contribution < 1.29 is 29.0 Å². The van der Waals surface area contributed by atoms with Gasteiger partial charge in [-0.05, 0) is 32.1 Å². The van der Waals surface area contributed by atoms with Crippen LogP contribution in [0.2, 0.25) is 0 Å². The van der Waals surface area contributed by atoms with Crippen LogP contribution in [0.3, 0.4) is 0 Å². The highest BCUT2D eigenvalue weighted by atomic mass is 16.6. The zero-order chi connectivity index (χ0) is 24.2. The second kappa shape index (κ2) is 8.24. The van der Waals surface area contributed by atoms with Crippen LogP contribution in [0.15, 0.2) is 24.3 Å². The molecule has 2 fully saturated rings. The van der Waals surface area contributed by atoms with Crippen molar-refractivity contribution >= 4 is 17.8 Å². The van der Waals surface area contributed by atoms with Crippen molar-refractivity contribution in [2.45, 2.75) is 70.7 Å². The first-order valence-electron chi connectivity index (χ1n) is 11.8. The van der Waals surface area contributed by atoms with E-state index in [-0.39, 0.29) is 37.0 Å². The van der Waals surface area contributed by atoms with E-state index < -0.39 is 41.1 Å². The highest BCUT2D eigenvalue weighted by molar-refractivity contribution is 5.99. The molecule has 2 amide bonds. The fraction of sp³-hybridized carbons (Fsp3) is 0.720. The Balaban J connectivity index is 1.80. The molecule has 4 aliphatic rings. The van der Waals surface area contributed by atoms with E-state index in [1.54, 1.807) is 0 Å². The minimum Gasteiger partial charge on any atom is -0.465 e. The number of aliphatic hydroxyl groups is 1. The summed E-state index contributed by atoms with van der Waals surface area (Å²) in [6.45, 7) is 10.8. The molecule has 33 heavy (non-hydrogen) atoms. The largest absolute Gasteiger partial charge is 0.465 e. The summed E-state index contributed by atoms with van der Waals surface area (Å²) in [5.41, 5.74) is -1.77. The van der Waals surface area contributed by atoms with Crippen molar-refractivity contribution in [3.05, 3.63) is 24.3 Å². The quantitative estimate of drug-likeness (QED) is 0.507. The monoisotopic (exact) mass is 460 g/mol. The van der Waals surface area contributed by atoms with Crippen LogP contribution in [0.4, 0.5) is 0 Å². The summed E-state index contributed by atoms with van der Waals surface area (Å²) >= 11 is 0. The number of carbonyl (C=O) groups excluding carboxylic acids is 3. The number of nitrogens with zero attached hydrogens (tertiary/aromatic N) is 2. The Labute approximate surface area is 195 Å². The number of cyclic esters (lactones) is 1. The lowest BCUT2D eigenvalue weighted by atomic mass is 9.77. The number of likely N-dealkylation sites (tertiary alicyclic amines) is 1. The van der Waals surface area contributed by atoms with Crippen LogP contribution < -0.4 is 0 Å². The summed E-state index contributed by atoms with van der Waals surface area (Å²) in [6, 6.07) is -0.949. The SMILES string of the molecule is CC(C)(C)CC(C)(C)N1CC=C[C@]23O[C@H]4C=CCCOC(=O)[C@H]4[C@H]2C(=O)N(CCO)C3C1=O. The van der Waals surface area contributed by atoms with E-state index >= 15 is 0 Å². The molecule has 4 aliphatic heterocycles. The maximum atomic E-state index is 14.1. The van der Waals surface area contributed by atoms with Gasteiger partial charge in [-0.2, -0.15) is 0 Å². The molecule has 1 spiro atoms. The minimum absolute atomic E-state index is 0.000499. The summed E-state index contributed by atoms with van der Waals surface area (Å²) in [7, 11) is 0. The second-order valence-corrected chi connectivity index (χ2v) is 11.4. The van der Waals surface area contributed by atoms with Gasteiger partial charge in [0.1, 0.15) is 17.6 Å². The summed E-state index contributed by atoms with van der Waals surface area (Å²) < 4.78 is 11.9. The lowest BCUT2D eigenvalue weighted by molar-refractivity contribution is -0.156. The lowest BCUT2D eigenvalue weighted by Gasteiger charge is -2.44. The Morgan fingerprint density at radius 1 is 1.12 bits per heavy atom. The predicted molar refractivity (Wildman–Crippen MR) is 121 cm³/mol. The third kappa shape index (κ3) is 3.91. The molecule has 0 aromatic rings. The van der Waals surface area contributed by atoms with Gasteiger partial charge in [0.2, 0.25) is 11.8 Å². The minimum atomic E-state index is -1.28. The first-order chi connectivity index (χ1) is 15.4. The topological polar surface area (TPSA) is 96.4 Å². The van der Waals surface area contributed by atoms with Gasteiger partial charge in [0.15, 0.2) is 0 Å². The molecule has 0 aromatic heterocycles. The first kappa shape index (κ1) is 24.0. The average molecular weight is 461 g/mol. The number of β-amino-alcohol motifs (C(OH)–C–C–N with tert-alkyl or cyclic N) is 1. The number of esters is 1. The molecule has 4 heterocycles. The first-order valence-corrected chi connectivity index (χ1v) is 11.8. The van der Waals surface area contributed by atoms with E-state index in [1.165, 1.54) is 4.90 Å². The van der Waals surface area contributed by atoms with E-state index in [2.05, 4.69) is 20.8 Å². The average Bonchev–Trinajstić information content (AvgIpc) is 3.04.